The number of benzene rings is 2. The number of rotatable bonds is 7. The minimum absolute atomic E-state index is 0.000614. The van der Waals surface area contributed by atoms with Crippen molar-refractivity contribution in [1.82, 2.24) is 0 Å². The number of carbonyl (C=O) groups excluding carboxylic acids is 1. The van der Waals surface area contributed by atoms with Gasteiger partial charge in [-0.3, -0.25) is 4.79 Å². The number of hydrogen-bond donors (Lipinski definition) is 3. The summed E-state index contributed by atoms with van der Waals surface area (Å²) in [4.78, 5) is 11.8. The molecule has 122 valence electrons. The van der Waals surface area contributed by atoms with E-state index in [1.807, 2.05) is 49.4 Å². The van der Waals surface area contributed by atoms with Gasteiger partial charge in [0.1, 0.15) is 0 Å². The number of hydrogen-bond acceptors (Lipinski definition) is 3. The van der Waals surface area contributed by atoms with Crippen LogP contribution in [0.2, 0.25) is 0 Å². The van der Waals surface area contributed by atoms with Crippen LogP contribution in [0.1, 0.15) is 38.3 Å². The Kier molecular flexibility index (Phi) is 6.18. The number of carbonyl (C=O) groups is 1. The van der Waals surface area contributed by atoms with Crippen LogP contribution in [0.25, 0.3) is 0 Å². The first kappa shape index (κ1) is 17.0. The Hall–Kier alpha value is -2.33. The molecule has 2 atom stereocenters. The molecule has 4 N–H and O–H groups in total. The molecule has 0 fully saturated rings. The Bertz CT molecular complexity index is 608. The molecule has 0 heterocycles. The van der Waals surface area contributed by atoms with E-state index < -0.39 is 0 Å². The van der Waals surface area contributed by atoms with Crippen molar-refractivity contribution in [2.75, 3.05) is 10.6 Å². The molecular formula is C19H25N3O. The minimum atomic E-state index is 0.000614. The van der Waals surface area contributed by atoms with E-state index in [-0.39, 0.29) is 18.0 Å². The molecule has 4 heteroatoms. The third-order valence-corrected chi connectivity index (χ3v) is 3.68. The Balaban J connectivity index is 1.88. The predicted molar refractivity (Wildman–Crippen MR) is 96.4 cm³/mol. The quantitative estimate of drug-likeness (QED) is 0.726. The molecule has 0 spiro atoms. The van der Waals surface area contributed by atoms with Crippen LogP contribution in [0.15, 0.2) is 54.6 Å². The van der Waals surface area contributed by atoms with Crippen molar-refractivity contribution >= 4 is 17.3 Å². The summed E-state index contributed by atoms with van der Waals surface area (Å²) in [7, 11) is 0. The highest BCUT2D eigenvalue weighted by Gasteiger charge is 2.06. The first-order valence-corrected chi connectivity index (χ1v) is 8.01. The van der Waals surface area contributed by atoms with Crippen molar-refractivity contribution in [2.45, 2.75) is 38.8 Å². The van der Waals surface area contributed by atoms with Gasteiger partial charge in [-0.2, -0.15) is 0 Å². The zero-order valence-corrected chi connectivity index (χ0v) is 13.8. The van der Waals surface area contributed by atoms with E-state index in [4.69, 9.17) is 5.73 Å². The van der Waals surface area contributed by atoms with Gasteiger partial charge < -0.3 is 16.4 Å². The van der Waals surface area contributed by atoms with Crippen molar-refractivity contribution in [3.8, 4) is 0 Å². The molecule has 0 aliphatic heterocycles. The molecule has 2 aromatic rings. The Morgan fingerprint density at radius 1 is 1.00 bits per heavy atom. The van der Waals surface area contributed by atoms with Crippen LogP contribution in [0.3, 0.4) is 0 Å². The molecule has 0 aliphatic rings. The van der Waals surface area contributed by atoms with Gasteiger partial charge in [0.15, 0.2) is 0 Å². The summed E-state index contributed by atoms with van der Waals surface area (Å²) in [5, 5.41) is 6.34. The summed E-state index contributed by atoms with van der Waals surface area (Å²) in [5.74, 6) is 0.000614. The first-order chi connectivity index (χ1) is 11.0. The molecule has 2 rings (SSSR count). The van der Waals surface area contributed by atoms with Crippen LogP contribution in [-0.4, -0.2) is 11.9 Å². The second kappa shape index (κ2) is 8.34. The van der Waals surface area contributed by atoms with Crippen molar-refractivity contribution in [2.24, 2.45) is 5.73 Å². The maximum Gasteiger partial charge on any atom is 0.224 e. The summed E-state index contributed by atoms with van der Waals surface area (Å²) in [6, 6.07) is 18.3. The van der Waals surface area contributed by atoms with Gasteiger partial charge in [-0.25, -0.2) is 0 Å². The van der Waals surface area contributed by atoms with Crippen molar-refractivity contribution in [3.05, 3.63) is 60.2 Å². The van der Waals surface area contributed by atoms with Crippen LogP contribution in [-0.2, 0) is 4.79 Å². The maximum absolute atomic E-state index is 11.8. The van der Waals surface area contributed by atoms with Crippen molar-refractivity contribution in [1.29, 1.82) is 0 Å². The average molecular weight is 311 g/mol. The van der Waals surface area contributed by atoms with Gasteiger partial charge in [0.05, 0.1) is 0 Å². The maximum atomic E-state index is 11.8. The van der Waals surface area contributed by atoms with Gasteiger partial charge >= 0.3 is 0 Å². The molecule has 0 aromatic heterocycles. The summed E-state index contributed by atoms with van der Waals surface area (Å²) < 4.78 is 0. The molecule has 1 amide bonds. The molecule has 23 heavy (non-hydrogen) atoms. The van der Waals surface area contributed by atoms with Crippen LogP contribution < -0.4 is 16.4 Å². The first-order valence-electron chi connectivity index (χ1n) is 8.01. The summed E-state index contributed by atoms with van der Waals surface area (Å²) in [5.41, 5.74) is 8.72. The molecular weight excluding hydrogens is 286 g/mol. The lowest BCUT2D eigenvalue weighted by Crippen LogP contribution is -2.19. The van der Waals surface area contributed by atoms with Crippen LogP contribution in [0, 0.1) is 0 Å². The lowest BCUT2D eigenvalue weighted by Gasteiger charge is -2.16. The highest BCUT2D eigenvalue weighted by atomic mass is 16.1. The van der Waals surface area contributed by atoms with E-state index in [1.165, 1.54) is 5.56 Å². The third kappa shape index (κ3) is 5.75. The topological polar surface area (TPSA) is 67.2 Å². The fraction of sp³-hybridized carbons (Fsp3) is 0.316. The second-order valence-electron chi connectivity index (χ2n) is 5.92. The smallest absolute Gasteiger partial charge is 0.224 e. The monoisotopic (exact) mass is 311 g/mol. The number of amides is 1. The molecule has 0 bridgehead atoms. The van der Waals surface area contributed by atoms with E-state index in [2.05, 4.69) is 29.7 Å². The zero-order chi connectivity index (χ0) is 16.7. The average Bonchev–Trinajstić information content (AvgIpc) is 2.55. The van der Waals surface area contributed by atoms with E-state index in [0.29, 0.717) is 12.8 Å². The van der Waals surface area contributed by atoms with Crippen LogP contribution >= 0.6 is 0 Å². The van der Waals surface area contributed by atoms with Crippen LogP contribution in [0.4, 0.5) is 11.4 Å². The van der Waals surface area contributed by atoms with Gasteiger partial charge in [0.25, 0.3) is 0 Å². The van der Waals surface area contributed by atoms with Gasteiger partial charge in [-0.15, -0.1) is 0 Å². The Morgan fingerprint density at radius 3 is 2.22 bits per heavy atom. The van der Waals surface area contributed by atoms with Crippen molar-refractivity contribution in [3.63, 3.8) is 0 Å². The predicted octanol–water partition coefficient (Wildman–Crippen LogP) is 3.93. The number of nitrogens with one attached hydrogen (secondary N) is 2. The summed E-state index contributed by atoms with van der Waals surface area (Å²) in [6.07, 6.45) is 1.14. The second-order valence-corrected chi connectivity index (χ2v) is 5.92. The highest BCUT2D eigenvalue weighted by molar-refractivity contribution is 5.90. The highest BCUT2D eigenvalue weighted by Crippen LogP contribution is 2.20. The van der Waals surface area contributed by atoms with Gasteiger partial charge in [0, 0.05) is 29.9 Å². The fourth-order valence-corrected chi connectivity index (χ4v) is 2.31. The summed E-state index contributed by atoms with van der Waals surface area (Å²) >= 11 is 0. The molecule has 2 aromatic carbocycles. The number of anilines is 2. The molecule has 0 radical (unpaired) electrons. The third-order valence-electron chi connectivity index (χ3n) is 3.68. The standard InChI is InChI=1S/C19H25N3O/c1-14(20)8-13-19(23)22-18-11-9-17(10-12-18)21-15(2)16-6-4-3-5-7-16/h3-7,9-12,14-15,21H,8,13,20H2,1-2H3,(H,22,23). The number of nitrogens with two attached hydrogens (primary N) is 1. The van der Waals surface area contributed by atoms with E-state index in [9.17, 15) is 4.79 Å². The molecule has 2 unspecified atom stereocenters. The fourth-order valence-electron chi connectivity index (χ4n) is 2.31. The Labute approximate surface area is 138 Å². The molecule has 0 aliphatic carbocycles. The van der Waals surface area contributed by atoms with E-state index in [1.54, 1.807) is 0 Å². The SMILES string of the molecule is CC(N)CCC(=O)Nc1ccc(NC(C)c2ccccc2)cc1. The lowest BCUT2D eigenvalue weighted by atomic mass is 10.1. The van der Waals surface area contributed by atoms with Crippen LogP contribution in [0.5, 0.6) is 0 Å². The van der Waals surface area contributed by atoms with Crippen molar-refractivity contribution < 1.29 is 4.79 Å². The van der Waals surface area contributed by atoms with E-state index >= 15 is 0 Å². The normalized spacial score (nSPS) is 13.2. The summed E-state index contributed by atoms with van der Waals surface area (Å²) in [6.45, 7) is 4.03. The zero-order valence-electron chi connectivity index (χ0n) is 13.8. The Morgan fingerprint density at radius 2 is 1.61 bits per heavy atom. The molecule has 0 saturated carbocycles. The molecule has 0 saturated heterocycles. The largest absolute Gasteiger partial charge is 0.379 e. The van der Waals surface area contributed by atoms with Gasteiger partial charge in [0.2, 0.25) is 5.91 Å². The lowest BCUT2D eigenvalue weighted by molar-refractivity contribution is -0.116. The minimum Gasteiger partial charge on any atom is -0.379 e. The van der Waals surface area contributed by atoms with E-state index in [0.717, 1.165) is 11.4 Å². The molecule has 4 nitrogen and oxygen atoms in total. The van der Waals surface area contributed by atoms with Gasteiger partial charge in [-0.05, 0) is 50.1 Å². The van der Waals surface area contributed by atoms with Gasteiger partial charge in [-0.1, -0.05) is 30.3 Å².